The van der Waals surface area contributed by atoms with Gasteiger partial charge in [0.2, 0.25) is 0 Å². The Bertz CT molecular complexity index is 468. The summed E-state index contributed by atoms with van der Waals surface area (Å²) in [6.07, 6.45) is 1.98. The maximum absolute atomic E-state index is 12.1. The number of hydrogen-bond acceptors (Lipinski definition) is 2. The molecule has 0 N–H and O–H groups in total. The zero-order valence-corrected chi connectivity index (χ0v) is 13.4. The Morgan fingerprint density at radius 1 is 1.33 bits per heavy atom. The highest BCUT2D eigenvalue weighted by Crippen LogP contribution is 2.16. The van der Waals surface area contributed by atoms with Gasteiger partial charge in [-0.05, 0) is 24.8 Å². The lowest BCUT2D eigenvalue weighted by Crippen LogP contribution is -2.19. The maximum Gasteiger partial charge on any atom is 0.154 e. The molecule has 1 aromatic carbocycles. The lowest BCUT2D eigenvalue weighted by molar-refractivity contribution is 0.551. The largest absolute Gasteiger partial charge is 0.228 e. The standard InChI is InChI=1S/C14H21BrO2S/c1-3-5-14(9-15)11-18(16,17)10-13-7-4-6-12(2)8-13/h4,6-8,14H,3,5,9-11H2,1-2H3. The van der Waals surface area contributed by atoms with Crippen molar-refractivity contribution in [3.63, 3.8) is 0 Å². The molecule has 0 aliphatic carbocycles. The number of halogens is 1. The zero-order chi connectivity index (χ0) is 13.6. The van der Waals surface area contributed by atoms with E-state index in [0.717, 1.165) is 29.3 Å². The molecule has 0 amide bonds. The first-order valence-electron chi connectivity index (χ1n) is 6.28. The number of hydrogen-bond donors (Lipinski definition) is 0. The number of sulfone groups is 1. The van der Waals surface area contributed by atoms with E-state index in [-0.39, 0.29) is 17.4 Å². The summed E-state index contributed by atoms with van der Waals surface area (Å²) in [5.74, 6) is 0.659. The van der Waals surface area contributed by atoms with Crippen molar-refractivity contribution in [1.29, 1.82) is 0 Å². The Balaban J connectivity index is 2.70. The highest BCUT2D eigenvalue weighted by molar-refractivity contribution is 9.09. The molecule has 1 atom stereocenters. The molecule has 102 valence electrons. The maximum atomic E-state index is 12.1. The molecule has 0 aliphatic rings. The van der Waals surface area contributed by atoms with Crippen LogP contribution in [0.3, 0.4) is 0 Å². The molecule has 4 heteroatoms. The van der Waals surface area contributed by atoms with Crippen molar-refractivity contribution >= 4 is 25.8 Å². The van der Waals surface area contributed by atoms with Gasteiger partial charge < -0.3 is 0 Å². The van der Waals surface area contributed by atoms with Gasteiger partial charge in [0.05, 0.1) is 11.5 Å². The van der Waals surface area contributed by atoms with Gasteiger partial charge in [-0.3, -0.25) is 0 Å². The SMILES string of the molecule is CCCC(CBr)CS(=O)(=O)Cc1cccc(C)c1. The predicted molar refractivity (Wildman–Crippen MR) is 80.9 cm³/mol. The predicted octanol–water partition coefficient (Wildman–Crippen LogP) is 3.72. The molecule has 0 spiro atoms. The van der Waals surface area contributed by atoms with Crippen LogP contribution in [0.1, 0.15) is 30.9 Å². The topological polar surface area (TPSA) is 34.1 Å². The molecule has 0 heterocycles. The fraction of sp³-hybridized carbons (Fsp3) is 0.571. The third-order valence-corrected chi connectivity index (χ3v) is 5.54. The highest BCUT2D eigenvalue weighted by Gasteiger charge is 2.18. The van der Waals surface area contributed by atoms with Crippen LogP contribution < -0.4 is 0 Å². The third kappa shape index (κ3) is 5.53. The molecule has 2 nitrogen and oxygen atoms in total. The summed E-state index contributed by atoms with van der Waals surface area (Å²) in [5, 5.41) is 0.758. The molecule has 0 fully saturated rings. The number of aryl methyl sites for hydroxylation is 1. The quantitative estimate of drug-likeness (QED) is 0.713. The number of rotatable bonds is 7. The summed E-state index contributed by atoms with van der Waals surface area (Å²) >= 11 is 3.40. The average Bonchev–Trinajstić information content (AvgIpc) is 2.27. The minimum atomic E-state index is -3.01. The monoisotopic (exact) mass is 332 g/mol. The van der Waals surface area contributed by atoms with Crippen LogP contribution >= 0.6 is 15.9 Å². The second-order valence-electron chi connectivity index (χ2n) is 4.85. The summed E-state index contributed by atoms with van der Waals surface area (Å²) in [5.41, 5.74) is 1.99. The van der Waals surface area contributed by atoms with E-state index in [9.17, 15) is 8.42 Å². The lowest BCUT2D eigenvalue weighted by atomic mass is 10.1. The van der Waals surface area contributed by atoms with Crippen LogP contribution in [0.25, 0.3) is 0 Å². The van der Waals surface area contributed by atoms with Gasteiger partial charge in [0.1, 0.15) is 0 Å². The molecule has 1 rings (SSSR count). The van der Waals surface area contributed by atoms with Crippen LogP contribution in [0.15, 0.2) is 24.3 Å². The van der Waals surface area contributed by atoms with Crippen LogP contribution in [0, 0.1) is 12.8 Å². The smallest absolute Gasteiger partial charge is 0.154 e. The fourth-order valence-corrected chi connectivity index (χ4v) is 4.75. The van der Waals surface area contributed by atoms with Crippen LogP contribution in [0.2, 0.25) is 0 Å². The van der Waals surface area contributed by atoms with Gasteiger partial charge in [0.15, 0.2) is 9.84 Å². The van der Waals surface area contributed by atoms with E-state index in [4.69, 9.17) is 0 Å². The summed E-state index contributed by atoms with van der Waals surface area (Å²) in [7, 11) is -3.01. The number of benzene rings is 1. The minimum Gasteiger partial charge on any atom is -0.228 e. The Morgan fingerprint density at radius 3 is 2.61 bits per heavy atom. The van der Waals surface area contributed by atoms with Crippen molar-refractivity contribution in [2.75, 3.05) is 11.1 Å². The third-order valence-electron chi connectivity index (χ3n) is 2.87. The van der Waals surface area contributed by atoms with Crippen molar-refractivity contribution in [2.24, 2.45) is 5.92 Å². The van der Waals surface area contributed by atoms with Gasteiger partial charge in [-0.25, -0.2) is 8.42 Å². The molecule has 1 unspecified atom stereocenters. The van der Waals surface area contributed by atoms with E-state index in [0.29, 0.717) is 0 Å². The lowest BCUT2D eigenvalue weighted by Gasteiger charge is -2.13. The number of alkyl halides is 1. The summed E-state index contributed by atoms with van der Waals surface area (Å²) in [6.45, 7) is 4.07. The van der Waals surface area contributed by atoms with Crippen molar-refractivity contribution in [2.45, 2.75) is 32.4 Å². The zero-order valence-electron chi connectivity index (χ0n) is 11.0. The molecule has 0 saturated carbocycles. The van der Waals surface area contributed by atoms with Crippen LogP contribution in [-0.4, -0.2) is 19.5 Å². The average molecular weight is 333 g/mol. The van der Waals surface area contributed by atoms with E-state index in [2.05, 4.69) is 22.9 Å². The Morgan fingerprint density at radius 2 is 2.06 bits per heavy atom. The van der Waals surface area contributed by atoms with Gasteiger partial charge in [-0.15, -0.1) is 0 Å². The summed E-state index contributed by atoms with van der Waals surface area (Å²) in [6, 6.07) is 7.72. The summed E-state index contributed by atoms with van der Waals surface area (Å²) < 4.78 is 24.3. The van der Waals surface area contributed by atoms with Gasteiger partial charge in [-0.2, -0.15) is 0 Å². The molecule has 0 radical (unpaired) electrons. The molecule has 0 aromatic heterocycles. The molecule has 0 aliphatic heterocycles. The van der Waals surface area contributed by atoms with Crippen molar-refractivity contribution in [1.82, 2.24) is 0 Å². The van der Waals surface area contributed by atoms with Gasteiger partial charge in [-0.1, -0.05) is 59.1 Å². The van der Waals surface area contributed by atoms with Crippen LogP contribution in [-0.2, 0) is 15.6 Å². The molecular formula is C14H21BrO2S. The first-order chi connectivity index (χ1) is 8.46. The van der Waals surface area contributed by atoms with Gasteiger partial charge >= 0.3 is 0 Å². The molecule has 1 aromatic rings. The van der Waals surface area contributed by atoms with Crippen molar-refractivity contribution in [3.8, 4) is 0 Å². The van der Waals surface area contributed by atoms with Gasteiger partial charge in [0, 0.05) is 5.33 Å². The second kappa shape index (κ2) is 7.29. The van der Waals surface area contributed by atoms with E-state index < -0.39 is 9.84 Å². The molecular weight excluding hydrogens is 312 g/mol. The Hall–Kier alpha value is -0.350. The minimum absolute atomic E-state index is 0.155. The molecule has 0 saturated heterocycles. The van der Waals surface area contributed by atoms with E-state index in [1.54, 1.807) is 0 Å². The fourth-order valence-electron chi connectivity index (χ4n) is 2.09. The normalized spacial score (nSPS) is 13.5. The van der Waals surface area contributed by atoms with Gasteiger partial charge in [0.25, 0.3) is 0 Å². The van der Waals surface area contributed by atoms with E-state index in [1.165, 1.54) is 0 Å². The molecule has 18 heavy (non-hydrogen) atoms. The summed E-state index contributed by atoms with van der Waals surface area (Å²) in [4.78, 5) is 0. The first-order valence-corrected chi connectivity index (χ1v) is 9.23. The van der Waals surface area contributed by atoms with E-state index in [1.807, 2.05) is 31.2 Å². The van der Waals surface area contributed by atoms with Crippen LogP contribution in [0.5, 0.6) is 0 Å². The first kappa shape index (κ1) is 15.7. The highest BCUT2D eigenvalue weighted by atomic mass is 79.9. The van der Waals surface area contributed by atoms with Crippen LogP contribution in [0.4, 0.5) is 0 Å². The Kier molecular flexibility index (Phi) is 6.36. The van der Waals surface area contributed by atoms with Crippen molar-refractivity contribution in [3.05, 3.63) is 35.4 Å². The van der Waals surface area contributed by atoms with E-state index >= 15 is 0 Å². The molecule has 0 bridgehead atoms. The Labute approximate surface area is 119 Å². The van der Waals surface area contributed by atoms with Crippen molar-refractivity contribution < 1.29 is 8.42 Å². The second-order valence-corrected chi connectivity index (χ2v) is 7.61.